The Morgan fingerprint density at radius 2 is 2.15 bits per heavy atom. The van der Waals surface area contributed by atoms with Crippen LogP contribution in [0.3, 0.4) is 0 Å². The number of hydrogen-bond acceptors (Lipinski definition) is 4. The van der Waals surface area contributed by atoms with E-state index >= 15 is 0 Å². The van der Waals surface area contributed by atoms with Crippen molar-refractivity contribution in [2.24, 2.45) is 0 Å². The molecule has 7 heteroatoms. The lowest BCUT2D eigenvalue weighted by molar-refractivity contribution is 0.0949. The Balaban J connectivity index is 1.69. The number of halogens is 2. The first-order valence-electron chi connectivity index (χ1n) is 8.47. The molecule has 0 spiro atoms. The molecule has 0 fully saturated rings. The van der Waals surface area contributed by atoms with Crippen LogP contribution < -0.4 is 10.1 Å². The first-order valence-corrected chi connectivity index (χ1v) is 9.73. The number of carbonyl (C=O) groups is 1. The maximum Gasteiger partial charge on any atom is 0.270 e. The number of thiazole rings is 1. The third-order valence-corrected chi connectivity index (χ3v) is 4.85. The predicted octanol–water partition coefficient (Wildman–Crippen LogP) is 5.32. The molecule has 0 saturated heterocycles. The molecule has 140 valence electrons. The minimum Gasteiger partial charge on any atom is -0.489 e. The Hall–Kier alpha value is -2.44. The molecule has 0 aliphatic carbocycles. The van der Waals surface area contributed by atoms with Gasteiger partial charge in [0, 0.05) is 28.6 Å². The van der Waals surface area contributed by atoms with E-state index in [1.54, 1.807) is 29.6 Å². The van der Waals surface area contributed by atoms with Gasteiger partial charge in [0.2, 0.25) is 0 Å². The van der Waals surface area contributed by atoms with Crippen molar-refractivity contribution < 1.29 is 13.9 Å². The summed E-state index contributed by atoms with van der Waals surface area (Å²) in [5.74, 6) is -0.289. The van der Waals surface area contributed by atoms with Gasteiger partial charge in [-0.15, -0.1) is 11.3 Å². The Bertz CT molecular complexity index is 945. The second-order valence-corrected chi connectivity index (χ2v) is 7.15. The van der Waals surface area contributed by atoms with Gasteiger partial charge in [0.15, 0.2) is 0 Å². The zero-order valence-corrected chi connectivity index (χ0v) is 16.2. The van der Waals surface area contributed by atoms with Crippen LogP contribution in [0.2, 0.25) is 5.02 Å². The van der Waals surface area contributed by atoms with Crippen LogP contribution in [-0.2, 0) is 6.61 Å². The third-order valence-electron chi connectivity index (χ3n) is 3.74. The maximum absolute atomic E-state index is 14.5. The van der Waals surface area contributed by atoms with E-state index in [4.69, 9.17) is 16.3 Å². The molecule has 0 atom stereocenters. The quantitative estimate of drug-likeness (QED) is 0.579. The molecule has 0 saturated carbocycles. The summed E-state index contributed by atoms with van der Waals surface area (Å²) in [5, 5.41) is 5.46. The van der Waals surface area contributed by atoms with Crippen LogP contribution in [-0.4, -0.2) is 17.4 Å². The molecule has 4 nitrogen and oxygen atoms in total. The van der Waals surface area contributed by atoms with Gasteiger partial charge in [-0.1, -0.05) is 30.7 Å². The standard InChI is InChI=1S/C20H18ClFN2O2S/c1-2-8-23-19(25)18-12-27-20(24-18)16-7-6-15(10-17(16)22)26-11-13-4-3-5-14(21)9-13/h3-7,9-10,12H,2,8,11H2,1H3,(H,23,25). The number of hydrogen-bond donors (Lipinski definition) is 1. The summed E-state index contributed by atoms with van der Waals surface area (Å²) in [5.41, 5.74) is 1.53. The first-order chi connectivity index (χ1) is 13.1. The van der Waals surface area contributed by atoms with Crippen molar-refractivity contribution >= 4 is 28.8 Å². The summed E-state index contributed by atoms with van der Waals surface area (Å²) in [6.45, 7) is 2.84. The van der Waals surface area contributed by atoms with Crippen molar-refractivity contribution in [3.05, 3.63) is 69.9 Å². The minimum atomic E-state index is -0.450. The summed E-state index contributed by atoms with van der Waals surface area (Å²) in [6.07, 6.45) is 0.841. The van der Waals surface area contributed by atoms with Gasteiger partial charge in [-0.2, -0.15) is 0 Å². The second-order valence-electron chi connectivity index (χ2n) is 5.85. The third kappa shape index (κ3) is 5.05. The number of ether oxygens (including phenoxy) is 1. The SMILES string of the molecule is CCCNC(=O)c1csc(-c2ccc(OCc3cccc(Cl)c3)cc2F)n1. The molecule has 2 aromatic carbocycles. The van der Waals surface area contributed by atoms with Crippen LogP contribution in [0.15, 0.2) is 47.8 Å². The Morgan fingerprint density at radius 3 is 2.89 bits per heavy atom. The molecule has 1 aromatic heterocycles. The van der Waals surface area contributed by atoms with Crippen LogP contribution >= 0.6 is 22.9 Å². The Kier molecular flexibility index (Phi) is 6.42. The molecule has 0 unspecified atom stereocenters. The highest BCUT2D eigenvalue weighted by Crippen LogP contribution is 2.29. The Morgan fingerprint density at radius 1 is 1.30 bits per heavy atom. The predicted molar refractivity (Wildman–Crippen MR) is 106 cm³/mol. The Labute approximate surface area is 166 Å². The molecular formula is C20H18ClFN2O2S. The van der Waals surface area contributed by atoms with E-state index in [2.05, 4.69) is 10.3 Å². The van der Waals surface area contributed by atoms with Crippen molar-refractivity contribution in [1.29, 1.82) is 0 Å². The summed E-state index contributed by atoms with van der Waals surface area (Å²) in [7, 11) is 0. The van der Waals surface area contributed by atoms with Gasteiger partial charge < -0.3 is 10.1 Å². The molecule has 0 bridgehead atoms. The van der Waals surface area contributed by atoms with Crippen molar-refractivity contribution in [3.8, 4) is 16.3 Å². The number of carbonyl (C=O) groups excluding carboxylic acids is 1. The number of aromatic nitrogens is 1. The van der Waals surface area contributed by atoms with E-state index in [0.29, 0.717) is 40.2 Å². The van der Waals surface area contributed by atoms with Gasteiger partial charge in [0.1, 0.15) is 28.9 Å². The fourth-order valence-corrected chi connectivity index (χ4v) is 3.42. The van der Waals surface area contributed by atoms with Crippen molar-refractivity contribution in [3.63, 3.8) is 0 Å². The normalized spacial score (nSPS) is 10.6. The second kappa shape index (κ2) is 8.97. The highest BCUT2D eigenvalue weighted by molar-refractivity contribution is 7.13. The number of nitrogens with zero attached hydrogens (tertiary/aromatic N) is 1. The van der Waals surface area contributed by atoms with Crippen LogP contribution in [0.4, 0.5) is 4.39 Å². The van der Waals surface area contributed by atoms with Crippen LogP contribution in [0.25, 0.3) is 10.6 Å². The molecule has 27 heavy (non-hydrogen) atoms. The maximum atomic E-state index is 14.5. The van der Waals surface area contributed by atoms with E-state index < -0.39 is 5.82 Å². The summed E-state index contributed by atoms with van der Waals surface area (Å²) in [4.78, 5) is 16.2. The van der Waals surface area contributed by atoms with E-state index in [0.717, 1.165) is 12.0 Å². The van der Waals surface area contributed by atoms with Crippen molar-refractivity contribution in [1.82, 2.24) is 10.3 Å². The monoisotopic (exact) mass is 404 g/mol. The van der Waals surface area contributed by atoms with E-state index in [-0.39, 0.29) is 5.91 Å². The summed E-state index contributed by atoms with van der Waals surface area (Å²) >= 11 is 7.17. The number of nitrogens with one attached hydrogen (secondary N) is 1. The van der Waals surface area contributed by atoms with Gasteiger partial charge >= 0.3 is 0 Å². The largest absolute Gasteiger partial charge is 0.489 e. The minimum absolute atomic E-state index is 0.249. The molecule has 1 amide bonds. The van der Waals surface area contributed by atoms with E-state index in [9.17, 15) is 9.18 Å². The average molecular weight is 405 g/mol. The number of benzene rings is 2. The molecule has 1 N–H and O–H groups in total. The van der Waals surface area contributed by atoms with Gasteiger partial charge in [-0.25, -0.2) is 9.37 Å². The zero-order valence-electron chi connectivity index (χ0n) is 14.7. The molecule has 0 aliphatic heterocycles. The topological polar surface area (TPSA) is 51.2 Å². The van der Waals surface area contributed by atoms with Crippen LogP contribution in [0.1, 0.15) is 29.4 Å². The lowest BCUT2D eigenvalue weighted by Gasteiger charge is -2.08. The molecular weight excluding hydrogens is 387 g/mol. The molecule has 0 aliphatic rings. The van der Waals surface area contributed by atoms with Gasteiger partial charge in [-0.05, 0) is 36.2 Å². The van der Waals surface area contributed by atoms with Crippen molar-refractivity contribution in [2.45, 2.75) is 20.0 Å². The smallest absolute Gasteiger partial charge is 0.270 e. The molecule has 3 aromatic rings. The van der Waals surface area contributed by atoms with Crippen LogP contribution in [0.5, 0.6) is 5.75 Å². The average Bonchev–Trinajstić information content (AvgIpc) is 3.14. The van der Waals surface area contributed by atoms with Gasteiger partial charge in [0.25, 0.3) is 5.91 Å². The first kappa shape index (κ1) is 19.3. The summed E-state index contributed by atoms with van der Waals surface area (Å²) < 4.78 is 20.1. The highest BCUT2D eigenvalue weighted by atomic mass is 35.5. The molecule has 1 heterocycles. The zero-order chi connectivity index (χ0) is 19.2. The lowest BCUT2D eigenvalue weighted by atomic mass is 10.2. The van der Waals surface area contributed by atoms with Gasteiger partial charge in [0.05, 0.1) is 0 Å². The van der Waals surface area contributed by atoms with Gasteiger partial charge in [-0.3, -0.25) is 4.79 Å². The highest BCUT2D eigenvalue weighted by Gasteiger charge is 2.14. The lowest BCUT2D eigenvalue weighted by Crippen LogP contribution is -2.24. The number of amides is 1. The van der Waals surface area contributed by atoms with Crippen LogP contribution in [0, 0.1) is 5.82 Å². The fraction of sp³-hybridized carbons (Fsp3) is 0.200. The number of rotatable bonds is 7. The fourth-order valence-electron chi connectivity index (χ4n) is 2.38. The van der Waals surface area contributed by atoms with E-state index in [1.807, 2.05) is 19.1 Å². The summed E-state index contributed by atoms with van der Waals surface area (Å²) in [6, 6.07) is 11.9. The van der Waals surface area contributed by atoms with E-state index in [1.165, 1.54) is 17.4 Å². The van der Waals surface area contributed by atoms with Crippen molar-refractivity contribution in [2.75, 3.05) is 6.54 Å². The molecule has 0 radical (unpaired) electrons. The molecule has 3 rings (SSSR count).